The molecule has 0 aromatic carbocycles. The summed E-state index contributed by atoms with van der Waals surface area (Å²) in [7, 11) is 4.49. The van der Waals surface area contributed by atoms with Gasteiger partial charge in [-0.1, -0.05) is 26.2 Å². The van der Waals surface area contributed by atoms with E-state index in [-0.39, 0.29) is 5.54 Å². The van der Waals surface area contributed by atoms with Crippen LogP contribution in [-0.2, 0) is 0 Å². The van der Waals surface area contributed by atoms with Crippen molar-refractivity contribution in [2.75, 3.05) is 40.3 Å². The average molecular weight is 255 g/mol. The summed E-state index contributed by atoms with van der Waals surface area (Å²) in [6, 6.07) is 0. The maximum Gasteiger partial charge on any atom is 0.0300 e. The summed E-state index contributed by atoms with van der Waals surface area (Å²) in [5, 5.41) is 0. The van der Waals surface area contributed by atoms with E-state index in [9.17, 15) is 0 Å². The third-order valence-corrected chi connectivity index (χ3v) is 4.70. The number of likely N-dealkylation sites (N-methyl/N-ethyl adjacent to an activating group) is 1. The van der Waals surface area contributed by atoms with Crippen LogP contribution in [0.3, 0.4) is 0 Å². The molecule has 0 bridgehead atoms. The quantitative estimate of drug-likeness (QED) is 0.675. The SMILES string of the molecule is CCCCCC(C)(CN)N(C)CC1CCN(C)C1. The zero-order chi connectivity index (χ0) is 13.6. The second kappa shape index (κ2) is 7.46. The van der Waals surface area contributed by atoms with E-state index in [1.165, 1.54) is 51.7 Å². The summed E-state index contributed by atoms with van der Waals surface area (Å²) in [4.78, 5) is 4.96. The van der Waals surface area contributed by atoms with Crippen molar-refractivity contribution in [2.24, 2.45) is 11.7 Å². The number of likely N-dealkylation sites (tertiary alicyclic amines) is 1. The number of hydrogen-bond donors (Lipinski definition) is 1. The highest BCUT2D eigenvalue weighted by Gasteiger charge is 2.30. The Morgan fingerprint density at radius 3 is 2.61 bits per heavy atom. The first-order valence-corrected chi connectivity index (χ1v) is 7.61. The third kappa shape index (κ3) is 4.52. The lowest BCUT2D eigenvalue weighted by Crippen LogP contribution is -2.51. The highest BCUT2D eigenvalue weighted by atomic mass is 15.2. The topological polar surface area (TPSA) is 32.5 Å². The molecule has 0 aromatic heterocycles. The Kier molecular flexibility index (Phi) is 6.61. The lowest BCUT2D eigenvalue weighted by molar-refractivity contribution is 0.111. The summed E-state index contributed by atoms with van der Waals surface area (Å²) in [5.74, 6) is 0.831. The van der Waals surface area contributed by atoms with Crippen molar-refractivity contribution in [1.82, 2.24) is 9.80 Å². The van der Waals surface area contributed by atoms with E-state index < -0.39 is 0 Å². The van der Waals surface area contributed by atoms with Gasteiger partial charge in [0.2, 0.25) is 0 Å². The molecule has 0 saturated carbocycles. The van der Waals surface area contributed by atoms with Crippen molar-refractivity contribution in [3.05, 3.63) is 0 Å². The molecule has 0 radical (unpaired) electrons. The molecule has 18 heavy (non-hydrogen) atoms. The van der Waals surface area contributed by atoms with Gasteiger partial charge >= 0.3 is 0 Å². The highest BCUT2D eigenvalue weighted by molar-refractivity contribution is 4.88. The first-order chi connectivity index (χ1) is 8.51. The fourth-order valence-electron chi connectivity index (χ4n) is 2.99. The monoisotopic (exact) mass is 255 g/mol. The number of rotatable bonds is 8. The van der Waals surface area contributed by atoms with Crippen molar-refractivity contribution < 1.29 is 0 Å². The first-order valence-electron chi connectivity index (χ1n) is 7.61. The van der Waals surface area contributed by atoms with Crippen LogP contribution in [0, 0.1) is 5.92 Å². The van der Waals surface area contributed by atoms with Gasteiger partial charge in [0.25, 0.3) is 0 Å². The van der Waals surface area contributed by atoms with Crippen LogP contribution < -0.4 is 5.73 Å². The minimum absolute atomic E-state index is 0.191. The van der Waals surface area contributed by atoms with Crippen molar-refractivity contribution in [2.45, 2.75) is 51.5 Å². The van der Waals surface area contributed by atoms with E-state index in [4.69, 9.17) is 5.73 Å². The Morgan fingerprint density at radius 2 is 2.11 bits per heavy atom. The van der Waals surface area contributed by atoms with Crippen molar-refractivity contribution in [3.8, 4) is 0 Å². The Morgan fingerprint density at radius 1 is 1.39 bits per heavy atom. The molecule has 1 aliphatic heterocycles. The maximum atomic E-state index is 6.04. The molecule has 0 amide bonds. The molecule has 0 aliphatic carbocycles. The summed E-state index contributed by atoms with van der Waals surface area (Å²) < 4.78 is 0. The molecule has 1 rings (SSSR count). The van der Waals surface area contributed by atoms with Gasteiger partial charge in [-0.3, -0.25) is 4.90 Å². The fourth-order valence-corrected chi connectivity index (χ4v) is 2.99. The molecule has 3 nitrogen and oxygen atoms in total. The molecule has 2 unspecified atom stereocenters. The molecular weight excluding hydrogens is 222 g/mol. The largest absolute Gasteiger partial charge is 0.329 e. The van der Waals surface area contributed by atoms with E-state index in [1.807, 2.05) is 0 Å². The summed E-state index contributed by atoms with van der Waals surface area (Å²) in [5.41, 5.74) is 6.23. The summed E-state index contributed by atoms with van der Waals surface area (Å²) >= 11 is 0. The van der Waals surface area contributed by atoms with E-state index in [0.717, 1.165) is 12.5 Å². The standard InChI is InChI=1S/C15H33N3/c1-5-6-7-9-15(2,13-16)18(4)12-14-8-10-17(3)11-14/h14H,5-13,16H2,1-4H3. The van der Waals surface area contributed by atoms with Crippen LogP contribution in [0.4, 0.5) is 0 Å². The van der Waals surface area contributed by atoms with E-state index >= 15 is 0 Å². The molecular formula is C15H33N3. The van der Waals surface area contributed by atoms with Crippen molar-refractivity contribution in [1.29, 1.82) is 0 Å². The molecule has 1 aliphatic rings. The van der Waals surface area contributed by atoms with Crippen LogP contribution >= 0.6 is 0 Å². The summed E-state index contributed by atoms with van der Waals surface area (Å²) in [6.45, 7) is 9.08. The molecule has 2 atom stereocenters. The fraction of sp³-hybridized carbons (Fsp3) is 1.00. The van der Waals surface area contributed by atoms with Gasteiger partial charge in [-0.05, 0) is 46.3 Å². The van der Waals surface area contributed by atoms with Crippen LogP contribution in [-0.4, -0.2) is 55.6 Å². The van der Waals surface area contributed by atoms with Gasteiger partial charge in [0, 0.05) is 25.2 Å². The average Bonchev–Trinajstić information content (AvgIpc) is 2.74. The normalized spacial score (nSPS) is 24.7. The maximum absolute atomic E-state index is 6.04. The van der Waals surface area contributed by atoms with Crippen molar-refractivity contribution >= 4 is 0 Å². The van der Waals surface area contributed by atoms with Gasteiger partial charge in [-0.15, -0.1) is 0 Å². The second-order valence-corrected chi connectivity index (χ2v) is 6.46. The zero-order valence-electron chi connectivity index (χ0n) is 12.9. The number of hydrogen-bond acceptors (Lipinski definition) is 3. The Labute approximate surface area is 114 Å². The third-order valence-electron chi connectivity index (χ3n) is 4.70. The molecule has 2 N–H and O–H groups in total. The smallest absolute Gasteiger partial charge is 0.0300 e. The van der Waals surface area contributed by atoms with Gasteiger partial charge in [-0.25, -0.2) is 0 Å². The van der Waals surface area contributed by atoms with Gasteiger partial charge < -0.3 is 10.6 Å². The lowest BCUT2D eigenvalue weighted by Gasteiger charge is -2.39. The second-order valence-electron chi connectivity index (χ2n) is 6.46. The summed E-state index contributed by atoms with van der Waals surface area (Å²) in [6.07, 6.45) is 6.50. The first kappa shape index (κ1) is 15.9. The van der Waals surface area contributed by atoms with E-state index in [0.29, 0.717) is 0 Å². The van der Waals surface area contributed by atoms with Crippen LogP contribution in [0.15, 0.2) is 0 Å². The van der Waals surface area contributed by atoms with E-state index in [2.05, 4.69) is 37.7 Å². The Bertz CT molecular complexity index is 232. The molecule has 108 valence electrons. The van der Waals surface area contributed by atoms with Crippen molar-refractivity contribution in [3.63, 3.8) is 0 Å². The zero-order valence-corrected chi connectivity index (χ0v) is 12.9. The number of nitrogens with zero attached hydrogens (tertiary/aromatic N) is 2. The molecule has 0 spiro atoms. The molecule has 1 fully saturated rings. The van der Waals surface area contributed by atoms with Crippen LogP contribution in [0.1, 0.15) is 46.0 Å². The van der Waals surface area contributed by atoms with Gasteiger partial charge in [-0.2, -0.15) is 0 Å². The Balaban J connectivity index is 2.41. The number of nitrogens with two attached hydrogens (primary N) is 1. The minimum atomic E-state index is 0.191. The van der Waals surface area contributed by atoms with Gasteiger partial charge in [0.05, 0.1) is 0 Å². The van der Waals surface area contributed by atoms with Crippen LogP contribution in [0.5, 0.6) is 0 Å². The molecule has 3 heteroatoms. The van der Waals surface area contributed by atoms with E-state index in [1.54, 1.807) is 0 Å². The van der Waals surface area contributed by atoms with Gasteiger partial charge in [0.15, 0.2) is 0 Å². The highest BCUT2D eigenvalue weighted by Crippen LogP contribution is 2.24. The molecule has 1 saturated heterocycles. The van der Waals surface area contributed by atoms with Gasteiger partial charge in [0.1, 0.15) is 0 Å². The molecule has 1 heterocycles. The lowest BCUT2D eigenvalue weighted by atomic mass is 9.91. The number of unbranched alkanes of at least 4 members (excludes halogenated alkanes) is 2. The predicted molar refractivity (Wildman–Crippen MR) is 79.8 cm³/mol. The Hall–Kier alpha value is -0.120. The van der Waals surface area contributed by atoms with Crippen LogP contribution in [0.2, 0.25) is 0 Å². The minimum Gasteiger partial charge on any atom is -0.329 e. The predicted octanol–water partition coefficient (Wildman–Crippen LogP) is 2.17. The van der Waals surface area contributed by atoms with Crippen LogP contribution in [0.25, 0.3) is 0 Å². The molecule has 0 aromatic rings.